The summed E-state index contributed by atoms with van der Waals surface area (Å²) in [5, 5.41) is 8.27. The maximum atomic E-state index is 12.5. The van der Waals surface area contributed by atoms with Crippen LogP contribution in [0.3, 0.4) is 0 Å². The van der Waals surface area contributed by atoms with E-state index in [9.17, 15) is 22.8 Å². The van der Waals surface area contributed by atoms with E-state index in [0.29, 0.717) is 16.6 Å². The number of aromatic nitrogens is 2. The lowest BCUT2D eigenvalue weighted by molar-refractivity contribution is -0.167. The number of hydrogen-bond donors (Lipinski definition) is 3. The molecule has 33 heavy (non-hydrogen) atoms. The maximum absolute atomic E-state index is 12.5. The van der Waals surface area contributed by atoms with Gasteiger partial charge in [-0.2, -0.15) is 13.2 Å². The van der Waals surface area contributed by atoms with Crippen molar-refractivity contribution in [2.24, 2.45) is 5.92 Å². The van der Waals surface area contributed by atoms with E-state index in [0.717, 1.165) is 35.4 Å². The minimum Gasteiger partial charge on any atom is -0.340 e. The molecule has 4 rings (SSSR count). The van der Waals surface area contributed by atoms with Crippen LogP contribution in [-0.4, -0.2) is 28.0 Å². The first-order chi connectivity index (χ1) is 15.7. The molecular weight excluding hydrogens is 455 g/mol. The van der Waals surface area contributed by atoms with E-state index >= 15 is 0 Å². The Balaban J connectivity index is 1.48. The van der Waals surface area contributed by atoms with Crippen molar-refractivity contribution < 1.29 is 22.8 Å². The number of amides is 2. The van der Waals surface area contributed by atoms with Gasteiger partial charge in [-0.25, -0.2) is 9.97 Å². The van der Waals surface area contributed by atoms with Crippen LogP contribution in [0.25, 0.3) is 10.4 Å². The molecule has 1 saturated carbocycles. The molecule has 2 heterocycles. The number of benzene rings is 1. The van der Waals surface area contributed by atoms with Crippen molar-refractivity contribution in [2.75, 3.05) is 16.0 Å². The van der Waals surface area contributed by atoms with Crippen molar-refractivity contribution in [3.8, 4) is 10.4 Å². The second-order valence-electron chi connectivity index (χ2n) is 7.64. The monoisotopic (exact) mass is 475 g/mol. The third-order valence-corrected chi connectivity index (χ3v) is 6.30. The summed E-state index contributed by atoms with van der Waals surface area (Å²) in [7, 11) is 0. The average molecular weight is 475 g/mol. The summed E-state index contributed by atoms with van der Waals surface area (Å²) < 4.78 is 37.5. The lowest BCUT2D eigenvalue weighted by atomic mass is 9.85. The molecule has 3 aromatic rings. The molecule has 1 aromatic carbocycles. The fourth-order valence-electron chi connectivity index (χ4n) is 3.26. The first-order valence-corrected chi connectivity index (χ1v) is 11.0. The van der Waals surface area contributed by atoms with Gasteiger partial charge in [0.2, 0.25) is 5.91 Å². The van der Waals surface area contributed by atoms with E-state index in [1.165, 1.54) is 29.5 Å². The Hall–Kier alpha value is -3.47. The molecule has 2 aromatic heterocycles. The normalized spacial score (nSPS) is 13.8. The Morgan fingerprint density at radius 1 is 1.09 bits per heavy atom. The lowest BCUT2D eigenvalue weighted by Crippen LogP contribution is -2.29. The van der Waals surface area contributed by atoms with Gasteiger partial charge in [0.25, 0.3) is 0 Å². The molecule has 0 bridgehead atoms. The van der Waals surface area contributed by atoms with Crippen molar-refractivity contribution in [2.45, 2.75) is 32.4 Å². The molecular formula is C22H20F3N5O2S. The summed E-state index contributed by atoms with van der Waals surface area (Å²) in [4.78, 5) is 32.9. The fraction of sp³-hybridized carbons (Fsp3) is 0.273. The topological polar surface area (TPSA) is 96.0 Å². The number of nitrogens with zero attached hydrogens (tertiary/aromatic N) is 2. The second kappa shape index (κ2) is 9.18. The molecule has 1 aliphatic rings. The molecule has 3 N–H and O–H groups in total. The highest BCUT2D eigenvalue weighted by Crippen LogP contribution is 2.35. The summed E-state index contributed by atoms with van der Waals surface area (Å²) in [6, 6.07) is 9.48. The van der Waals surface area contributed by atoms with Gasteiger partial charge in [-0.05, 0) is 55.7 Å². The quantitative estimate of drug-likeness (QED) is 0.438. The average Bonchev–Trinajstić information content (AvgIpc) is 3.06. The largest absolute Gasteiger partial charge is 0.471 e. The van der Waals surface area contributed by atoms with Crippen LogP contribution in [0.4, 0.5) is 35.5 Å². The standard InChI is InChI=1S/C22H20F3N5O2S/c1-12-18(33-21(27-12)30-19(31)13-4-2-5-13)14-8-9-26-17(10-14)28-15-6-3-7-16(11-15)29-20(32)22(23,24)25/h3,6-11,13H,2,4-5H2,1H3,(H,26,28)(H,29,32)(H,27,30,31). The van der Waals surface area contributed by atoms with Crippen molar-refractivity contribution in [3.05, 3.63) is 48.3 Å². The van der Waals surface area contributed by atoms with Gasteiger partial charge in [0.15, 0.2) is 5.13 Å². The molecule has 11 heteroatoms. The first kappa shape index (κ1) is 22.7. The minimum absolute atomic E-state index is 0.00336. The smallest absolute Gasteiger partial charge is 0.340 e. The molecule has 1 fully saturated rings. The summed E-state index contributed by atoms with van der Waals surface area (Å²) in [5.74, 6) is -1.53. The molecule has 7 nitrogen and oxygen atoms in total. The number of rotatable bonds is 6. The van der Waals surface area contributed by atoms with Gasteiger partial charge >= 0.3 is 12.1 Å². The SMILES string of the molecule is Cc1nc(NC(=O)C2CCC2)sc1-c1ccnc(Nc2cccc(NC(=O)C(F)(F)F)c2)c1. The van der Waals surface area contributed by atoms with Gasteiger partial charge in [0.1, 0.15) is 5.82 Å². The van der Waals surface area contributed by atoms with Crippen LogP contribution >= 0.6 is 11.3 Å². The number of alkyl halides is 3. The number of carbonyl (C=O) groups is 2. The zero-order valence-corrected chi connectivity index (χ0v) is 18.3. The Bertz CT molecular complexity index is 1190. The lowest BCUT2D eigenvalue weighted by Gasteiger charge is -2.23. The molecule has 0 aliphatic heterocycles. The third kappa shape index (κ3) is 5.48. The molecule has 0 saturated heterocycles. The maximum Gasteiger partial charge on any atom is 0.471 e. The number of hydrogen-bond acceptors (Lipinski definition) is 6. The van der Waals surface area contributed by atoms with E-state index in [4.69, 9.17) is 0 Å². The molecule has 0 unspecified atom stereocenters. The molecule has 1 aliphatic carbocycles. The van der Waals surface area contributed by atoms with Crippen LogP contribution in [0.1, 0.15) is 25.0 Å². The van der Waals surface area contributed by atoms with Crippen LogP contribution in [0.5, 0.6) is 0 Å². The predicted molar refractivity (Wildman–Crippen MR) is 120 cm³/mol. The third-order valence-electron chi connectivity index (χ3n) is 5.18. The number of thiazole rings is 1. The summed E-state index contributed by atoms with van der Waals surface area (Å²) in [6.07, 6.45) is -0.488. The van der Waals surface area contributed by atoms with Crippen molar-refractivity contribution in [1.29, 1.82) is 0 Å². The summed E-state index contributed by atoms with van der Waals surface area (Å²) in [5.41, 5.74) is 2.05. The van der Waals surface area contributed by atoms with Gasteiger partial charge in [0.05, 0.1) is 10.6 Å². The van der Waals surface area contributed by atoms with Crippen molar-refractivity contribution >= 4 is 45.5 Å². The molecule has 2 amide bonds. The van der Waals surface area contributed by atoms with Crippen LogP contribution < -0.4 is 16.0 Å². The van der Waals surface area contributed by atoms with E-state index in [1.807, 2.05) is 18.3 Å². The van der Waals surface area contributed by atoms with Crippen LogP contribution in [0, 0.1) is 12.8 Å². The number of pyridine rings is 1. The minimum atomic E-state index is -4.97. The van der Waals surface area contributed by atoms with Gasteiger partial charge < -0.3 is 16.0 Å². The highest BCUT2D eigenvalue weighted by molar-refractivity contribution is 7.19. The van der Waals surface area contributed by atoms with E-state index in [1.54, 1.807) is 18.3 Å². The highest BCUT2D eigenvalue weighted by atomic mass is 32.1. The van der Waals surface area contributed by atoms with Crippen LogP contribution in [0.2, 0.25) is 0 Å². The van der Waals surface area contributed by atoms with Crippen LogP contribution in [0.15, 0.2) is 42.6 Å². The van der Waals surface area contributed by atoms with Gasteiger partial charge in [-0.1, -0.05) is 23.8 Å². The number of anilines is 4. The second-order valence-corrected chi connectivity index (χ2v) is 8.64. The Labute approximate surface area is 191 Å². The number of halogens is 3. The predicted octanol–water partition coefficient (Wildman–Crippen LogP) is 5.50. The van der Waals surface area contributed by atoms with Crippen molar-refractivity contribution in [3.63, 3.8) is 0 Å². The Morgan fingerprint density at radius 2 is 1.85 bits per heavy atom. The summed E-state index contributed by atoms with van der Waals surface area (Å²) in [6.45, 7) is 1.85. The molecule has 0 atom stereocenters. The zero-order valence-electron chi connectivity index (χ0n) is 17.5. The Kier molecular flexibility index (Phi) is 6.32. The van der Waals surface area contributed by atoms with Gasteiger partial charge in [-0.15, -0.1) is 0 Å². The first-order valence-electron chi connectivity index (χ1n) is 10.2. The number of carbonyl (C=O) groups excluding carboxylic acids is 2. The van der Waals surface area contributed by atoms with Gasteiger partial charge in [0, 0.05) is 23.5 Å². The molecule has 172 valence electrons. The fourth-order valence-corrected chi connectivity index (χ4v) is 4.23. The molecule has 0 spiro atoms. The van der Waals surface area contributed by atoms with Crippen molar-refractivity contribution in [1.82, 2.24) is 9.97 Å². The van der Waals surface area contributed by atoms with Gasteiger partial charge in [-0.3, -0.25) is 9.59 Å². The summed E-state index contributed by atoms with van der Waals surface area (Å²) >= 11 is 1.37. The highest BCUT2D eigenvalue weighted by Gasteiger charge is 2.38. The number of aryl methyl sites for hydroxylation is 1. The van der Waals surface area contributed by atoms with E-state index in [2.05, 4.69) is 20.6 Å². The number of nitrogens with one attached hydrogen (secondary N) is 3. The van der Waals surface area contributed by atoms with E-state index < -0.39 is 12.1 Å². The van der Waals surface area contributed by atoms with Crippen LogP contribution in [-0.2, 0) is 9.59 Å². The Morgan fingerprint density at radius 3 is 2.55 bits per heavy atom. The zero-order chi connectivity index (χ0) is 23.6. The van der Waals surface area contributed by atoms with E-state index in [-0.39, 0.29) is 17.5 Å². The molecule has 0 radical (unpaired) electrons.